The molecule has 4 aromatic rings. The minimum absolute atomic E-state index is 0.103. The number of nitrogens with zero attached hydrogens (tertiary/aromatic N) is 3. The van der Waals surface area contributed by atoms with Crippen molar-refractivity contribution in [2.75, 3.05) is 24.8 Å². The van der Waals surface area contributed by atoms with Gasteiger partial charge in [0, 0.05) is 35.8 Å². The lowest BCUT2D eigenvalue weighted by atomic mass is 10.1. The first-order chi connectivity index (χ1) is 14.7. The molecular weight excluding hydrogens is 386 g/mol. The zero-order chi connectivity index (χ0) is 20.7. The van der Waals surface area contributed by atoms with Crippen LogP contribution < -0.4 is 20.0 Å². The summed E-state index contributed by atoms with van der Waals surface area (Å²) in [5, 5.41) is 4.78. The first kappa shape index (κ1) is 18.2. The van der Waals surface area contributed by atoms with E-state index in [2.05, 4.69) is 28.9 Å². The number of benzene rings is 2. The molecule has 0 unspecified atom stereocenters. The van der Waals surface area contributed by atoms with Crippen molar-refractivity contribution >= 4 is 16.7 Å². The molecule has 30 heavy (non-hydrogen) atoms. The summed E-state index contributed by atoms with van der Waals surface area (Å²) in [6, 6.07) is 12.9. The first-order valence-electron chi connectivity index (χ1n) is 9.73. The van der Waals surface area contributed by atoms with Crippen LogP contribution in [0.3, 0.4) is 0 Å². The zero-order valence-electron chi connectivity index (χ0n) is 16.5. The normalized spacial score (nSPS) is 12.5. The number of fused-ring (bicyclic) bond motifs is 2. The molecule has 0 fully saturated rings. The van der Waals surface area contributed by atoms with Gasteiger partial charge in [-0.1, -0.05) is 5.16 Å². The van der Waals surface area contributed by atoms with Crippen LogP contribution in [0.2, 0.25) is 0 Å². The largest absolute Gasteiger partial charge is 0.454 e. The molecule has 5 rings (SSSR count). The van der Waals surface area contributed by atoms with E-state index in [-0.39, 0.29) is 18.2 Å². The third-order valence-electron chi connectivity index (χ3n) is 5.14. The van der Waals surface area contributed by atoms with Gasteiger partial charge in [0.15, 0.2) is 11.5 Å². The number of ether oxygens (including phenoxy) is 2. The van der Waals surface area contributed by atoms with Crippen LogP contribution in [0.1, 0.15) is 13.8 Å². The molecule has 8 nitrogen and oxygen atoms in total. The molecule has 0 N–H and O–H groups in total. The van der Waals surface area contributed by atoms with Crippen molar-refractivity contribution in [3.05, 3.63) is 52.9 Å². The van der Waals surface area contributed by atoms with Crippen molar-refractivity contribution in [2.45, 2.75) is 13.8 Å². The van der Waals surface area contributed by atoms with Crippen LogP contribution in [0.15, 0.2) is 56.2 Å². The Bertz CT molecular complexity index is 1290. The van der Waals surface area contributed by atoms with E-state index in [1.165, 1.54) is 0 Å². The highest BCUT2D eigenvalue weighted by atomic mass is 16.7. The Morgan fingerprint density at radius 1 is 1.00 bits per heavy atom. The van der Waals surface area contributed by atoms with Crippen LogP contribution >= 0.6 is 0 Å². The van der Waals surface area contributed by atoms with Gasteiger partial charge in [-0.05, 0) is 50.2 Å². The molecule has 0 bridgehead atoms. The summed E-state index contributed by atoms with van der Waals surface area (Å²) in [6.45, 7) is 6.09. The highest BCUT2D eigenvalue weighted by molar-refractivity contribution is 5.83. The maximum absolute atomic E-state index is 12.6. The van der Waals surface area contributed by atoms with Crippen molar-refractivity contribution < 1.29 is 18.4 Å². The molecule has 2 aromatic carbocycles. The summed E-state index contributed by atoms with van der Waals surface area (Å²) in [4.78, 5) is 19.2. The van der Waals surface area contributed by atoms with Gasteiger partial charge in [-0.2, -0.15) is 4.98 Å². The third kappa shape index (κ3) is 3.06. The van der Waals surface area contributed by atoms with Gasteiger partial charge < -0.3 is 23.3 Å². The van der Waals surface area contributed by atoms with E-state index >= 15 is 0 Å². The van der Waals surface area contributed by atoms with Crippen molar-refractivity contribution in [2.24, 2.45) is 0 Å². The Balaban J connectivity index is 1.51. The quantitative estimate of drug-likeness (QED) is 0.459. The predicted molar refractivity (Wildman–Crippen MR) is 111 cm³/mol. The average Bonchev–Trinajstić information content (AvgIpc) is 3.43. The number of hydrogen-bond acceptors (Lipinski definition) is 8. The molecule has 152 valence electrons. The summed E-state index contributed by atoms with van der Waals surface area (Å²) in [6.07, 6.45) is 0. The van der Waals surface area contributed by atoms with Crippen molar-refractivity contribution in [1.29, 1.82) is 0 Å². The molecule has 0 amide bonds. The summed E-state index contributed by atoms with van der Waals surface area (Å²) in [5.74, 6) is 1.74. The van der Waals surface area contributed by atoms with Gasteiger partial charge in [-0.3, -0.25) is 0 Å². The summed E-state index contributed by atoms with van der Waals surface area (Å²) >= 11 is 0. The molecule has 0 atom stereocenters. The van der Waals surface area contributed by atoms with Crippen molar-refractivity contribution in [3.8, 4) is 34.3 Å². The SMILES string of the molecule is CCN(CC)c1ccc2cc(-c3nc(-c4ccc5c(c4)OCO5)no3)c(=O)oc2c1. The molecule has 1 aliphatic rings. The number of aromatic nitrogens is 2. The van der Waals surface area contributed by atoms with Gasteiger partial charge in [-0.25, -0.2) is 4.79 Å². The van der Waals surface area contributed by atoms with E-state index in [9.17, 15) is 4.79 Å². The fraction of sp³-hybridized carbons (Fsp3) is 0.227. The van der Waals surface area contributed by atoms with E-state index in [0.717, 1.165) is 24.2 Å². The molecular formula is C22H19N3O5. The van der Waals surface area contributed by atoms with E-state index in [0.29, 0.717) is 28.5 Å². The Morgan fingerprint density at radius 2 is 1.83 bits per heavy atom. The molecule has 0 saturated carbocycles. The topological polar surface area (TPSA) is 90.8 Å². The van der Waals surface area contributed by atoms with Crippen LogP contribution in [0.25, 0.3) is 33.8 Å². The molecule has 8 heteroatoms. The maximum atomic E-state index is 12.6. The van der Waals surface area contributed by atoms with Crippen LogP contribution in [-0.2, 0) is 0 Å². The summed E-state index contributed by atoms with van der Waals surface area (Å²) in [7, 11) is 0. The van der Waals surface area contributed by atoms with E-state index < -0.39 is 5.63 Å². The van der Waals surface area contributed by atoms with Crippen molar-refractivity contribution in [1.82, 2.24) is 10.1 Å². The molecule has 0 spiro atoms. The zero-order valence-corrected chi connectivity index (χ0v) is 16.5. The number of rotatable bonds is 5. The molecule has 2 aromatic heterocycles. The lowest BCUT2D eigenvalue weighted by Gasteiger charge is -2.20. The molecule has 0 radical (unpaired) electrons. The molecule has 0 aliphatic carbocycles. The third-order valence-corrected chi connectivity index (χ3v) is 5.14. The molecule has 3 heterocycles. The van der Waals surface area contributed by atoms with E-state index in [4.69, 9.17) is 18.4 Å². The van der Waals surface area contributed by atoms with Gasteiger partial charge in [0.05, 0.1) is 0 Å². The van der Waals surface area contributed by atoms with Crippen molar-refractivity contribution in [3.63, 3.8) is 0 Å². The predicted octanol–water partition coefficient (Wildman–Crippen LogP) is 4.08. The second-order valence-electron chi connectivity index (χ2n) is 6.83. The lowest BCUT2D eigenvalue weighted by molar-refractivity contribution is 0.174. The standard InChI is InChI=1S/C22H19N3O5/c1-3-25(4-2)15-7-5-13-9-16(22(26)29-18(13)11-15)21-23-20(24-30-21)14-6-8-17-19(10-14)28-12-27-17/h5-11H,3-4,12H2,1-2H3. The minimum atomic E-state index is -0.528. The minimum Gasteiger partial charge on any atom is -0.454 e. The van der Waals surface area contributed by atoms with E-state index in [1.807, 2.05) is 18.2 Å². The highest BCUT2D eigenvalue weighted by Gasteiger charge is 2.19. The van der Waals surface area contributed by atoms with Gasteiger partial charge >= 0.3 is 5.63 Å². The highest BCUT2D eigenvalue weighted by Crippen LogP contribution is 2.35. The summed E-state index contributed by atoms with van der Waals surface area (Å²) in [5.41, 5.74) is 1.91. The van der Waals surface area contributed by atoms with Gasteiger partial charge in [0.1, 0.15) is 11.1 Å². The van der Waals surface area contributed by atoms with Crippen LogP contribution in [-0.4, -0.2) is 30.0 Å². The Hall–Kier alpha value is -3.81. The van der Waals surface area contributed by atoms with Gasteiger partial charge in [-0.15, -0.1) is 0 Å². The Morgan fingerprint density at radius 3 is 2.67 bits per heavy atom. The average molecular weight is 405 g/mol. The Kier molecular flexibility index (Phi) is 4.39. The fourth-order valence-corrected chi connectivity index (χ4v) is 3.52. The smallest absolute Gasteiger partial charge is 0.349 e. The second-order valence-corrected chi connectivity index (χ2v) is 6.83. The monoisotopic (exact) mass is 405 g/mol. The van der Waals surface area contributed by atoms with Crippen LogP contribution in [0.5, 0.6) is 11.5 Å². The Labute approximate surface area is 171 Å². The lowest BCUT2D eigenvalue weighted by Crippen LogP contribution is -2.21. The second kappa shape index (κ2) is 7.22. The number of hydrogen-bond donors (Lipinski definition) is 0. The van der Waals surface area contributed by atoms with Crippen LogP contribution in [0.4, 0.5) is 5.69 Å². The van der Waals surface area contributed by atoms with Gasteiger partial charge in [0.25, 0.3) is 5.89 Å². The van der Waals surface area contributed by atoms with Gasteiger partial charge in [0.2, 0.25) is 12.6 Å². The number of anilines is 1. The molecule has 1 aliphatic heterocycles. The maximum Gasteiger partial charge on any atom is 0.349 e. The van der Waals surface area contributed by atoms with Crippen LogP contribution in [0, 0.1) is 0 Å². The van der Waals surface area contributed by atoms with E-state index in [1.54, 1.807) is 24.3 Å². The molecule has 0 saturated heterocycles. The first-order valence-corrected chi connectivity index (χ1v) is 9.73. The summed E-state index contributed by atoms with van der Waals surface area (Å²) < 4.78 is 21.6. The fourth-order valence-electron chi connectivity index (χ4n) is 3.52.